The molecule has 8 nitrogen and oxygen atoms in total. The molecule has 182 valence electrons. The standard InChI is InChI=1S/C28H23N7OS/c29-12-19-7-4-8-20(9-19)23-10-21-13-30-34-24(21)11-25(23)32-27(36)26-17-37-28(33-26)22-14-31-35(16-22)15-18-5-2-1-3-6-18/h1-11,13-14,16-17H,12,15,29H2,(H,30,34)(H,32,36). The average molecular weight is 506 g/mol. The first-order chi connectivity index (χ1) is 18.2. The Kier molecular flexibility index (Phi) is 6.05. The third-order valence-corrected chi connectivity index (χ3v) is 7.00. The largest absolute Gasteiger partial charge is 0.326 e. The fourth-order valence-corrected chi connectivity index (χ4v) is 5.00. The third kappa shape index (κ3) is 4.77. The van der Waals surface area contributed by atoms with E-state index in [2.05, 4.69) is 37.7 Å². The van der Waals surface area contributed by atoms with Gasteiger partial charge in [-0.2, -0.15) is 10.2 Å². The second kappa shape index (κ2) is 9.81. The van der Waals surface area contributed by atoms with Gasteiger partial charge in [0.15, 0.2) is 0 Å². The zero-order valence-electron chi connectivity index (χ0n) is 19.8. The molecule has 6 aromatic rings. The number of nitrogens with one attached hydrogen (secondary N) is 2. The molecule has 4 N–H and O–H groups in total. The van der Waals surface area contributed by atoms with E-state index in [0.717, 1.165) is 38.2 Å². The molecule has 0 aliphatic rings. The van der Waals surface area contributed by atoms with Crippen LogP contribution in [0.25, 0.3) is 32.6 Å². The van der Waals surface area contributed by atoms with Gasteiger partial charge in [0, 0.05) is 34.6 Å². The van der Waals surface area contributed by atoms with Gasteiger partial charge >= 0.3 is 0 Å². The van der Waals surface area contributed by atoms with Crippen molar-refractivity contribution in [3.05, 3.63) is 108 Å². The number of hydrogen-bond acceptors (Lipinski definition) is 6. The summed E-state index contributed by atoms with van der Waals surface area (Å²) in [6, 6.07) is 22.0. The number of benzene rings is 3. The Morgan fingerprint density at radius 3 is 2.73 bits per heavy atom. The van der Waals surface area contributed by atoms with E-state index in [1.165, 1.54) is 16.9 Å². The van der Waals surface area contributed by atoms with Crippen LogP contribution in [0.15, 0.2) is 90.7 Å². The molecule has 3 aromatic carbocycles. The highest BCUT2D eigenvalue weighted by Crippen LogP contribution is 2.33. The number of amides is 1. The van der Waals surface area contributed by atoms with Crippen molar-refractivity contribution in [3.8, 4) is 21.7 Å². The van der Waals surface area contributed by atoms with Gasteiger partial charge in [-0.1, -0.05) is 48.5 Å². The van der Waals surface area contributed by atoms with Gasteiger partial charge in [-0.05, 0) is 34.9 Å². The van der Waals surface area contributed by atoms with Gasteiger partial charge in [0.05, 0.1) is 30.1 Å². The number of anilines is 1. The summed E-state index contributed by atoms with van der Waals surface area (Å²) in [7, 11) is 0. The fraction of sp³-hybridized carbons (Fsp3) is 0.0714. The Bertz CT molecular complexity index is 1700. The number of carbonyl (C=O) groups is 1. The molecule has 0 spiro atoms. The van der Waals surface area contributed by atoms with Crippen molar-refractivity contribution in [2.75, 3.05) is 5.32 Å². The molecule has 6 rings (SSSR count). The van der Waals surface area contributed by atoms with Crippen molar-refractivity contribution in [2.45, 2.75) is 13.1 Å². The third-order valence-electron chi connectivity index (χ3n) is 6.10. The van der Waals surface area contributed by atoms with Crippen LogP contribution in [0.4, 0.5) is 5.69 Å². The number of rotatable bonds is 7. The first-order valence-corrected chi connectivity index (χ1v) is 12.6. The summed E-state index contributed by atoms with van der Waals surface area (Å²) in [5, 5.41) is 18.1. The van der Waals surface area contributed by atoms with Gasteiger partial charge in [0.25, 0.3) is 5.91 Å². The molecule has 0 unspecified atom stereocenters. The van der Waals surface area contributed by atoms with Gasteiger partial charge in [-0.15, -0.1) is 11.3 Å². The minimum atomic E-state index is -0.283. The average Bonchev–Trinajstić information content (AvgIpc) is 3.69. The predicted molar refractivity (Wildman–Crippen MR) is 146 cm³/mol. The van der Waals surface area contributed by atoms with E-state index in [-0.39, 0.29) is 5.91 Å². The van der Waals surface area contributed by atoms with Crippen LogP contribution in [0.5, 0.6) is 0 Å². The van der Waals surface area contributed by atoms with E-state index in [9.17, 15) is 4.79 Å². The van der Waals surface area contributed by atoms with Crippen molar-refractivity contribution in [3.63, 3.8) is 0 Å². The molecule has 37 heavy (non-hydrogen) atoms. The molecule has 0 aliphatic carbocycles. The lowest BCUT2D eigenvalue weighted by atomic mass is 9.99. The minimum Gasteiger partial charge on any atom is -0.326 e. The van der Waals surface area contributed by atoms with Crippen LogP contribution in [0.2, 0.25) is 0 Å². The number of carbonyl (C=O) groups excluding carboxylic acids is 1. The van der Waals surface area contributed by atoms with Gasteiger partial charge in [0.2, 0.25) is 0 Å². The zero-order valence-corrected chi connectivity index (χ0v) is 20.6. The fourth-order valence-electron chi connectivity index (χ4n) is 4.23. The quantitative estimate of drug-likeness (QED) is 0.272. The number of H-pyrrole nitrogens is 1. The molecule has 0 radical (unpaired) electrons. The van der Waals surface area contributed by atoms with Gasteiger partial charge < -0.3 is 11.1 Å². The Labute approximate surface area is 216 Å². The number of fused-ring (bicyclic) bond motifs is 1. The van der Waals surface area contributed by atoms with E-state index in [1.807, 2.05) is 65.5 Å². The van der Waals surface area contributed by atoms with E-state index in [0.29, 0.717) is 24.5 Å². The monoisotopic (exact) mass is 505 g/mol. The minimum absolute atomic E-state index is 0.283. The molecular weight excluding hydrogens is 482 g/mol. The van der Waals surface area contributed by atoms with Gasteiger partial charge in [-0.25, -0.2) is 4.98 Å². The number of aromatic nitrogens is 5. The summed E-state index contributed by atoms with van der Waals surface area (Å²) in [4.78, 5) is 17.8. The molecule has 3 heterocycles. The summed E-state index contributed by atoms with van der Waals surface area (Å²) < 4.78 is 1.87. The van der Waals surface area contributed by atoms with Crippen molar-refractivity contribution < 1.29 is 4.79 Å². The molecule has 0 saturated heterocycles. The molecule has 3 aromatic heterocycles. The first kappa shape index (κ1) is 22.8. The Morgan fingerprint density at radius 2 is 1.86 bits per heavy atom. The van der Waals surface area contributed by atoms with Gasteiger partial charge in [-0.3, -0.25) is 14.6 Å². The molecule has 0 saturated carbocycles. The molecule has 0 bridgehead atoms. The van der Waals surface area contributed by atoms with Crippen molar-refractivity contribution in [2.24, 2.45) is 5.73 Å². The second-order valence-corrected chi connectivity index (χ2v) is 9.52. The number of hydrogen-bond donors (Lipinski definition) is 3. The van der Waals surface area contributed by atoms with Crippen LogP contribution in [-0.4, -0.2) is 30.9 Å². The van der Waals surface area contributed by atoms with E-state index in [1.54, 1.807) is 17.8 Å². The maximum Gasteiger partial charge on any atom is 0.275 e. The van der Waals surface area contributed by atoms with Crippen LogP contribution in [0.3, 0.4) is 0 Å². The number of nitrogens with two attached hydrogens (primary N) is 1. The first-order valence-electron chi connectivity index (χ1n) is 11.8. The summed E-state index contributed by atoms with van der Waals surface area (Å²) in [6.07, 6.45) is 5.49. The van der Waals surface area contributed by atoms with Crippen LogP contribution in [0.1, 0.15) is 21.6 Å². The molecule has 0 aliphatic heterocycles. The zero-order chi connectivity index (χ0) is 25.2. The Balaban J connectivity index is 1.26. The van der Waals surface area contributed by atoms with Crippen molar-refractivity contribution >= 4 is 33.8 Å². The predicted octanol–water partition coefficient (Wildman–Crippen LogP) is 5.31. The van der Waals surface area contributed by atoms with E-state index < -0.39 is 0 Å². The lowest BCUT2D eigenvalue weighted by Gasteiger charge is -2.12. The maximum absolute atomic E-state index is 13.3. The Morgan fingerprint density at radius 1 is 1.00 bits per heavy atom. The van der Waals surface area contributed by atoms with Crippen molar-refractivity contribution in [1.29, 1.82) is 0 Å². The summed E-state index contributed by atoms with van der Waals surface area (Å²) in [5.74, 6) is -0.283. The van der Waals surface area contributed by atoms with Crippen molar-refractivity contribution in [1.82, 2.24) is 25.0 Å². The smallest absolute Gasteiger partial charge is 0.275 e. The second-order valence-electron chi connectivity index (χ2n) is 8.66. The highest BCUT2D eigenvalue weighted by atomic mass is 32.1. The highest BCUT2D eigenvalue weighted by Gasteiger charge is 2.17. The SMILES string of the molecule is NCc1cccc(-c2cc3cn[nH]c3cc2NC(=O)c2csc(-c3cnn(Cc4ccccc4)c3)n2)c1. The normalized spacial score (nSPS) is 11.2. The van der Waals surface area contributed by atoms with E-state index >= 15 is 0 Å². The number of nitrogens with zero attached hydrogens (tertiary/aromatic N) is 4. The molecule has 1 amide bonds. The number of aromatic amines is 1. The van der Waals surface area contributed by atoms with Crippen LogP contribution in [-0.2, 0) is 13.1 Å². The number of thiazole rings is 1. The lowest BCUT2D eigenvalue weighted by molar-refractivity contribution is 0.102. The topological polar surface area (TPSA) is 115 Å². The molecule has 9 heteroatoms. The summed E-state index contributed by atoms with van der Waals surface area (Å²) in [6.45, 7) is 1.11. The van der Waals surface area contributed by atoms with E-state index in [4.69, 9.17) is 5.73 Å². The summed E-state index contributed by atoms with van der Waals surface area (Å²) >= 11 is 1.42. The maximum atomic E-state index is 13.3. The lowest BCUT2D eigenvalue weighted by Crippen LogP contribution is -2.13. The Hall–Kier alpha value is -4.60. The van der Waals surface area contributed by atoms with Gasteiger partial charge in [0.1, 0.15) is 10.7 Å². The van der Waals surface area contributed by atoms with Crippen LogP contribution in [0, 0.1) is 0 Å². The molecule has 0 fully saturated rings. The highest BCUT2D eigenvalue weighted by molar-refractivity contribution is 7.13. The van der Waals surface area contributed by atoms with Crippen LogP contribution >= 0.6 is 11.3 Å². The molecule has 0 atom stereocenters. The summed E-state index contributed by atoms with van der Waals surface area (Å²) in [5.41, 5.74) is 12.6. The van der Waals surface area contributed by atoms with Crippen LogP contribution < -0.4 is 11.1 Å². The molecular formula is C28H23N7OS.